The average molecular weight is 250 g/mol. The third kappa shape index (κ3) is 1.63. The Morgan fingerprint density at radius 2 is 2.08 bits per heavy atom. The fourth-order valence-electron chi connectivity index (χ4n) is 1.06. The van der Waals surface area contributed by atoms with Crippen LogP contribution in [0.15, 0.2) is 4.47 Å². The first-order chi connectivity index (χ1) is 5.57. The van der Waals surface area contributed by atoms with Crippen molar-refractivity contribution in [3.05, 3.63) is 26.4 Å². The molecular weight excluding hydrogens is 239 g/mol. The van der Waals surface area contributed by atoms with Gasteiger partial charge in [-0.2, -0.15) is 0 Å². The highest BCUT2D eigenvalue weighted by atomic mass is 79.9. The summed E-state index contributed by atoms with van der Waals surface area (Å²) < 4.78 is 0.993. The molecule has 0 aliphatic heterocycles. The molecule has 0 amide bonds. The first-order valence-electron chi connectivity index (χ1n) is 3.59. The second-order valence-electron chi connectivity index (χ2n) is 2.61. The zero-order chi connectivity index (χ0) is 9.30. The summed E-state index contributed by atoms with van der Waals surface area (Å²) in [5.41, 5.74) is 8.41. The van der Waals surface area contributed by atoms with Gasteiger partial charge in [0.15, 0.2) is 0 Å². The van der Waals surface area contributed by atoms with Gasteiger partial charge in [0.1, 0.15) is 5.15 Å². The zero-order valence-electron chi connectivity index (χ0n) is 6.99. The number of aryl methyl sites for hydroxylation is 1. The van der Waals surface area contributed by atoms with E-state index in [0.29, 0.717) is 11.7 Å². The van der Waals surface area contributed by atoms with E-state index in [-0.39, 0.29) is 0 Å². The highest BCUT2D eigenvalue weighted by Gasteiger charge is 2.09. The second-order valence-corrected chi connectivity index (χ2v) is 3.76. The smallest absolute Gasteiger partial charge is 0.134 e. The van der Waals surface area contributed by atoms with Gasteiger partial charge >= 0.3 is 0 Å². The Bertz CT molecular complexity index is 312. The molecule has 0 aliphatic carbocycles. The summed E-state index contributed by atoms with van der Waals surface area (Å²) >= 11 is 9.32. The van der Waals surface area contributed by atoms with Crippen LogP contribution < -0.4 is 5.73 Å². The van der Waals surface area contributed by atoms with Crippen LogP contribution in [-0.4, -0.2) is 4.98 Å². The molecular formula is C8H10BrClN2. The molecule has 2 nitrogen and oxygen atoms in total. The molecule has 0 aliphatic rings. The van der Waals surface area contributed by atoms with Crippen LogP contribution in [0.25, 0.3) is 0 Å². The lowest BCUT2D eigenvalue weighted by Crippen LogP contribution is -2.03. The van der Waals surface area contributed by atoms with Crippen molar-refractivity contribution < 1.29 is 0 Å². The van der Waals surface area contributed by atoms with E-state index in [1.807, 2.05) is 13.8 Å². The fraction of sp³-hybridized carbons (Fsp3) is 0.375. The summed E-state index contributed by atoms with van der Waals surface area (Å²) in [5.74, 6) is 0. The van der Waals surface area contributed by atoms with Crippen LogP contribution in [-0.2, 0) is 6.54 Å². The van der Waals surface area contributed by atoms with Gasteiger partial charge in [0.2, 0.25) is 0 Å². The summed E-state index contributed by atoms with van der Waals surface area (Å²) in [6.07, 6.45) is 0. The Morgan fingerprint density at radius 1 is 1.50 bits per heavy atom. The van der Waals surface area contributed by atoms with Crippen molar-refractivity contribution in [2.45, 2.75) is 20.4 Å². The summed E-state index contributed by atoms with van der Waals surface area (Å²) in [7, 11) is 0. The molecule has 0 saturated carbocycles. The summed E-state index contributed by atoms with van der Waals surface area (Å²) in [4.78, 5) is 4.14. The molecule has 0 aromatic carbocycles. The lowest BCUT2D eigenvalue weighted by atomic mass is 10.1. The van der Waals surface area contributed by atoms with Crippen molar-refractivity contribution in [3.63, 3.8) is 0 Å². The SMILES string of the molecule is Cc1nc(Cl)c(CN)c(C)c1Br. The predicted molar refractivity (Wildman–Crippen MR) is 54.3 cm³/mol. The second kappa shape index (κ2) is 3.73. The van der Waals surface area contributed by atoms with E-state index in [4.69, 9.17) is 17.3 Å². The maximum atomic E-state index is 5.89. The van der Waals surface area contributed by atoms with E-state index in [9.17, 15) is 0 Å². The highest BCUT2D eigenvalue weighted by molar-refractivity contribution is 9.10. The number of pyridine rings is 1. The van der Waals surface area contributed by atoms with Gasteiger partial charge < -0.3 is 5.73 Å². The Kier molecular flexibility index (Phi) is 3.09. The van der Waals surface area contributed by atoms with Gasteiger partial charge in [-0.25, -0.2) is 4.98 Å². The summed E-state index contributed by atoms with van der Waals surface area (Å²) in [6.45, 7) is 4.31. The number of nitrogens with two attached hydrogens (primary N) is 1. The van der Waals surface area contributed by atoms with Crippen molar-refractivity contribution in [2.75, 3.05) is 0 Å². The molecule has 1 rings (SSSR count). The maximum absolute atomic E-state index is 5.89. The number of aromatic nitrogens is 1. The van der Waals surface area contributed by atoms with E-state index in [0.717, 1.165) is 21.3 Å². The van der Waals surface area contributed by atoms with Crippen molar-refractivity contribution >= 4 is 27.5 Å². The highest BCUT2D eigenvalue weighted by Crippen LogP contribution is 2.26. The van der Waals surface area contributed by atoms with E-state index in [1.165, 1.54) is 0 Å². The van der Waals surface area contributed by atoms with Crippen LogP contribution >= 0.6 is 27.5 Å². The Hall–Kier alpha value is -0.120. The maximum Gasteiger partial charge on any atom is 0.134 e. The minimum atomic E-state index is 0.427. The van der Waals surface area contributed by atoms with Crippen LogP contribution in [0.4, 0.5) is 0 Å². The lowest BCUT2D eigenvalue weighted by molar-refractivity contribution is 1.00. The zero-order valence-corrected chi connectivity index (χ0v) is 9.33. The number of hydrogen-bond donors (Lipinski definition) is 1. The average Bonchev–Trinajstić information content (AvgIpc) is 2.01. The molecule has 0 spiro atoms. The van der Waals surface area contributed by atoms with Gasteiger partial charge in [-0.3, -0.25) is 0 Å². The molecule has 1 heterocycles. The molecule has 1 aromatic rings. The number of nitrogens with zero attached hydrogens (tertiary/aromatic N) is 1. The molecule has 0 fully saturated rings. The molecule has 12 heavy (non-hydrogen) atoms. The van der Waals surface area contributed by atoms with Gasteiger partial charge in [-0.1, -0.05) is 11.6 Å². The van der Waals surface area contributed by atoms with Crippen molar-refractivity contribution in [1.82, 2.24) is 4.98 Å². The minimum Gasteiger partial charge on any atom is -0.326 e. The van der Waals surface area contributed by atoms with Gasteiger partial charge in [-0.05, 0) is 35.3 Å². The number of halogens is 2. The Balaban J connectivity index is 3.40. The molecule has 0 saturated heterocycles. The number of rotatable bonds is 1. The van der Waals surface area contributed by atoms with E-state index >= 15 is 0 Å². The van der Waals surface area contributed by atoms with Gasteiger partial charge in [0.05, 0.1) is 5.69 Å². The Labute approximate surface area is 85.3 Å². The van der Waals surface area contributed by atoms with Gasteiger partial charge in [0.25, 0.3) is 0 Å². The summed E-state index contributed by atoms with van der Waals surface area (Å²) in [6, 6.07) is 0. The third-order valence-corrected chi connectivity index (χ3v) is 3.30. The topological polar surface area (TPSA) is 38.9 Å². The first kappa shape index (κ1) is 9.96. The van der Waals surface area contributed by atoms with Gasteiger partial charge in [-0.15, -0.1) is 0 Å². The van der Waals surface area contributed by atoms with Crippen LogP contribution in [0.3, 0.4) is 0 Å². The molecule has 0 unspecified atom stereocenters. The molecule has 66 valence electrons. The summed E-state index contributed by atoms with van der Waals surface area (Å²) in [5, 5.41) is 0.510. The fourth-order valence-corrected chi connectivity index (χ4v) is 1.73. The standard InChI is InChI=1S/C8H10BrClN2/c1-4-6(3-11)8(10)12-5(2)7(4)9/h3,11H2,1-2H3. The normalized spacial score (nSPS) is 10.4. The lowest BCUT2D eigenvalue weighted by Gasteiger charge is -2.09. The van der Waals surface area contributed by atoms with Crippen molar-refractivity contribution in [3.8, 4) is 0 Å². The monoisotopic (exact) mass is 248 g/mol. The molecule has 4 heteroatoms. The minimum absolute atomic E-state index is 0.427. The van der Waals surface area contributed by atoms with Crippen LogP contribution in [0.1, 0.15) is 16.8 Å². The molecule has 0 atom stereocenters. The molecule has 0 radical (unpaired) electrons. The van der Waals surface area contributed by atoms with Crippen LogP contribution in [0.2, 0.25) is 5.15 Å². The third-order valence-electron chi connectivity index (χ3n) is 1.82. The molecule has 0 bridgehead atoms. The van der Waals surface area contributed by atoms with Crippen LogP contribution in [0, 0.1) is 13.8 Å². The van der Waals surface area contributed by atoms with Crippen molar-refractivity contribution in [2.24, 2.45) is 5.73 Å². The quantitative estimate of drug-likeness (QED) is 0.777. The van der Waals surface area contributed by atoms with Crippen LogP contribution in [0.5, 0.6) is 0 Å². The number of hydrogen-bond acceptors (Lipinski definition) is 2. The van der Waals surface area contributed by atoms with E-state index < -0.39 is 0 Å². The first-order valence-corrected chi connectivity index (χ1v) is 4.76. The van der Waals surface area contributed by atoms with E-state index in [1.54, 1.807) is 0 Å². The van der Waals surface area contributed by atoms with Crippen molar-refractivity contribution in [1.29, 1.82) is 0 Å². The largest absolute Gasteiger partial charge is 0.326 e. The molecule has 2 N–H and O–H groups in total. The predicted octanol–water partition coefficient (Wildman–Crippen LogP) is 2.57. The molecule has 1 aromatic heterocycles. The van der Waals surface area contributed by atoms with E-state index in [2.05, 4.69) is 20.9 Å². The van der Waals surface area contributed by atoms with Gasteiger partial charge in [0, 0.05) is 16.6 Å². The Morgan fingerprint density at radius 3 is 2.58 bits per heavy atom.